The van der Waals surface area contributed by atoms with Crippen LogP contribution in [0.1, 0.15) is 43.3 Å². The lowest BCUT2D eigenvalue weighted by Crippen LogP contribution is -2.24. The summed E-state index contributed by atoms with van der Waals surface area (Å²) in [5.41, 5.74) is 2.46. The van der Waals surface area contributed by atoms with Crippen LogP contribution >= 0.6 is 0 Å². The highest BCUT2D eigenvalue weighted by Crippen LogP contribution is 2.22. The molecule has 0 aromatic carbocycles. The van der Waals surface area contributed by atoms with E-state index in [0.717, 1.165) is 31.6 Å². The Morgan fingerprint density at radius 2 is 2.26 bits per heavy atom. The average molecular weight is 261 g/mol. The Hall–Kier alpha value is -1.55. The summed E-state index contributed by atoms with van der Waals surface area (Å²) >= 11 is 0. The van der Waals surface area contributed by atoms with E-state index in [0.29, 0.717) is 0 Å². The molecule has 0 aliphatic carbocycles. The zero-order valence-electron chi connectivity index (χ0n) is 12.0. The van der Waals surface area contributed by atoms with Crippen molar-refractivity contribution in [2.24, 2.45) is 7.05 Å². The van der Waals surface area contributed by atoms with Crippen LogP contribution in [0.3, 0.4) is 0 Å². The molecule has 0 bridgehead atoms. The van der Waals surface area contributed by atoms with E-state index in [4.69, 9.17) is 4.42 Å². The predicted molar refractivity (Wildman–Crippen MR) is 76.0 cm³/mol. The fraction of sp³-hybridized carbons (Fsp3) is 0.533. The number of aromatic nitrogens is 2. The lowest BCUT2D eigenvalue weighted by Gasteiger charge is -2.17. The van der Waals surface area contributed by atoms with Gasteiger partial charge in [0.15, 0.2) is 0 Å². The molecule has 1 atom stereocenters. The lowest BCUT2D eigenvalue weighted by molar-refractivity contribution is 0.447. The van der Waals surface area contributed by atoms with E-state index in [-0.39, 0.29) is 6.04 Å². The number of aryl methyl sites for hydroxylation is 2. The molecule has 4 nitrogen and oxygen atoms in total. The van der Waals surface area contributed by atoms with Crippen molar-refractivity contribution in [3.63, 3.8) is 0 Å². The van der Waals surface area contributed by atoms with Gasteiger partial charge in [0.25, 0.3) is 0 Å². The third-order valence-corrected chi connectivity index (χ3v) is 3.27. The Kier molecular flexibility index (Phi) is 4.80. The first-order chi connectivity index (χ1) is 9.24. The van der Waals surface area contributed by atoms with E-state index in [1.807, 2.05) is 23.9 Å². The molecule has 2 heterocycles. The van der Waals surface area contributed by atoms with Crippen molar-refractivity contribution in [3.05, 3.63) is 41.6 Å². The normalized spacial score (nSPS) is 12.8. The number of nitrogens with one attached hydrogen (secondary N) is 1. The fourth-order valence-corrected chi connectivity index (χ4v) is 2.36. The van der Waals surface area contributed by atoms with Gasteiger partial charge >= 0.3 is 0 Å². The summed E-state index contributed by atoms with van der Waals surface area (Å²) in [6.07, 6.45) is 6.80. The van der Waals surface area contributed by atoms with Gasteiger partial charge in [-0.1, -0.05) is 13.8 Å². The Balaban J connectivity index is 2.20. The molecule has 1 N–H and O–H groups in total. The lowest BCUT2D eigenvalue weighted by atomic mass is 10.0. The number of hydrogen-bond donors (Lipinski definition) is 1. The minimum Gasteiger partial charge on any atom is -0.469 e. The van der Waals surface area contributed by atoms with Crippen LogP contribution in [0, 0.1) is 0 Å². The van der Waals surface area contributed by atoms with Crippen LogP contribution in [0.15, 0.2) is 29.0 Å². The van der Waals surface area contributed by atoms with Crippen molar-refractivity contribution in [1.82, 2.24) is 15.1 Å². The monoisotopic (exact) mass is 261 g/mol. The van der Waals surface area contributed by atoms with Crippen molar-refractivity contribution in [3.8, 4) is 0 Å². The molecule has 1 unspecified atom stereocenters. The molecule has 0 radical (unpaired) electrons. The molecule has 0 saturated heterocycles. The maximum Gasteiger partial charge on any atom is 0.105 e. The second-order valence-electron chi connectivity index (χ2n) is 4.85. The van der Waals surface area contributed by atoms with Crippen LogP contribution in [0.5, 0.6) is 0 Å². The predicted octanol–water partition coefficient (Wildman–Crippen LogP) is 2.86. The summed E-state index contributed by atoms with van der Waals surface area (Å²) < 4.78 is 7.38. The van der Waals surface area contributed by atoms with Gasteiger partial charge in [0.2, 0.25) is 0 Å². The molecule has 2 rings (SSSR count). The first-order valence-electron chi connectivity index (χ1n) is 7.02. The van der Waals surface area contributed by atoms with Crippen molar-refractivity contribution in [2.45, 2.75) is 39.2 Å². The molecule has 2 aromatic rings. The molecular weight excluding hydrogens is 238 g/mol. The van der Waals surface area contributed by atoms with Crippen LogP contribution in [0.25, 0.3) is 0 Å². The Bertz CT molecular complexity index is 487. The zero-order valence-corrected chi connectivity index (χ0v) is 12.0. The fourth-order valence-electron chi connectivity index (χ4n) is 2.36. The topological polar surface area (TPSA) is 43.0 Å². The molecule has 4 heteroatoms. The van der Waals surface area contributed by atoms with Gasteiger partial charge in [-0.15, -0.1) is 0 Å². The molecule has 0 saturated carbocycles. The van der Waals surface area contributed by atoms with E-state index >= 15 is 0 Å². The molecule has 19 heavy (non-hydrogen) atoms. The summed E-state index contributed by atoms with van der Waals surface area (Å²) in [5, 5.41) is 8.13. The van der Waals surface area contributed by atoms with Crippen LogP contribution in [-0.4, -0.2) is 16.3 Å². The first-order valence-corrected chi connectivity index (χ1v) is 7.02. The Morgan fingerprint density at radius 1 is 1.42 bits per heavy atom. The summed E-state index contributed by atoms with van der Waals surface area (Å²) in [5.74, 6) is 1.01. The SMILES string of the molecule is CCCNC(Cc1ccco1)c1cn(C)nc1CC. The number of rotatable bonds is 7. The van der Waals surface area contributed by atoms with E-state index in [9.17, 15) is 0 Å². The molecule has 104 valence electrons. The van der Waals surface area contributed by atoms with E-state index in [1.165, 1.54) is 11.3 Å². The number of hydrogen-bond acceptors (Lipinski definition) is 3. The van der Waals surface area contributed by atoms with E-state index < -0.39 is 0 Å². The van der Waals surface area contributed by atoms with Gasteiger partial charge in [-0.05, 0) is 31.5 Å². The van der Waals surface area contributed by atoms with E-state index in [1.54, 1.807) is 6.26 Å². The minimum absolute atomic E-state index is 0.273. The van der Waals surface area contributed by atoms with Crippen molar-refractivity contribution < 1.29 is 4.42 Å². The molecule has 0 fully saturated rings. The van der Waals surface area contributed by atoms with Gasteiger partial charge in [-0.3, -0.25) is 4.68 Å². The van der Waals surface area contributed by atoms with Gasteiger partial charge in [0.05, 0.1) is 12.0 Å². The molecule has 0 aliphatic heterocycles. The molecular formula is C15H23N3O. The second-order valence-corrected chi connectivity index (χ2v) is 4.85. The van der Waals surface area contributed by atoms with Gasteiger partial charge < -0.3 is 9.73 Å². The van der Waals surface area contributed by atoms with Crippen molar-refractivity contribution in [1.29, 1.82) is 0 Å². The van der Waals surface area contributed by atoms with Crippen LogP contribution in [-0.2, 0) is 19.9 Å². The van der Waals surface area contributed by atoms with Crippen LogP contribution in [0.2, 0.25) is 0 Å². The van der Waals surface area contributed by atoms with Gasteiger partial charge in [0.1, 0.15) is 5.76 Å². The highest BCUT2D eigenvalue weighted by molar-refractivity contribution is 5.23. The van der Waals surface area contributed by atoms with Gasteiger partial charge in [-0.25, -0.2) is 0 Å². The minimum atomic E-state index is 0.273. The third-order valence-electron chi connectivity index (χ3n) is 3.27. The smallest absolute Gasteiger partial charge is 0.105 e. The largest absolute Gasteiger partial charge is 0.469 e. The zero-order chi connectivity index (χ0) is 13.7. The van der Waals surface area contributed by atoms with Crippen molar-refractivity contribution in [2.75, 3.05) is 6.54 Å². The van der Waals surface area contributed by atoms with Crippen LogP contribution in [0.4, 0.5) is 0 Å². The van der Waals surface area contributed by atoms with Crippen LogP contribution < -0.4 is 5.32 Å². The van der Waals surface area contributed by atoms with Gasteiger partial charge in [0, 0.05) is 31.3 Å². The number of furan rings is 1. The quantitative estimate of drug-likeness (QED) is 0.833. The Labute approximate surface area is 114 Å². The molecule has 2 aromatic heterocycles. The third kappa shape index (κ3) is 3.47. The van der Waals surface area contributed by atoms with Gasteiger partial charge in [-0.2, -0.15) is 5.10 Å². The first kappa shape index (κ1) is 13.9. The Morgan fingerprint density at radius 3 is 2.89 bits per heavy atom. The summed E-state index contributed by atoms with van der Waals surface area (Å²) in [7, 11) is 1.98. The maximum absolute atomic E-state index is 5.48. The maximum atomic E-state index is 5.48. The molecule has 0 amide bonds. The summed E-state index contributed by atoms with van der Waals surface area (Å²) in [6, 6.07) is 4.24. The summed E-state index contributed by atoms with van der Waals surface area (Å²) in [6.45, 7) is 5.33. The number of nitrogens with zero attached hydrogens (tertiary/aromatic N) is 2. The highest BCUT2D eigenvalue weighted by atomic mass is 16.3. The van der Waals surface area contributed by atoms with E-state index in [2.05, 4.69) is 30.5 Å². The molecule has 0 spiro atoms. The molecule has 0 aliphatic rings. The second kappa shape index (κ2) is 6.57. The standard InChI is InChI=1S/C15H23N3O/c1-4-8-16-15(10-12-7-6-9-19-12)13-11-18(3)17-14(13)5-2/h6-7,9,11,15-16H,4-5,8,10H2,1-3H3. The van der Waals surface area contributed by atoms with Crippen molar-refractivity contribution >= 4 is 0 Å². The average Bonchev–Trinajstić information content (AvgIpc) is 3.03. The highest BCUT2D eigenvalue weighted by Gasteiger charge is 2.18. The summed E-state index contributed by atoms with van der Waals surface area (Å²) in [4.78, 5) is 0.